The molecule has 1 aromatic rings. The van der Waals surface area contributed by atoms with E-state index in [1.807, 2.05) is 53.0 Å². The number of hydrogen-bond donors (Lipinski definition) is 5. The topological polar surface area (TPSA) is 221 Å². The van der Waals surface area contributed by atoms with Crippen LogP contribution in [0.3, 0.4) is 0 Å². The number of nitrogens with zero attached hydrogens (tertiary/aromatic N) is 4. The number of hydroxylamine groups is 2. The third-order valence-electron chi connectivity index (χ3n) is 9.34. The van der Waals surface area contributed by atoms with E-state index >= 15 is 0 Å². The van der Waals surface area contributed by atoms with Crippen molar-refractivity contribution in [2.75, 3.05) is 26.7 Å². The summed E-state index contributed by atoms with van der Waals surface area (Å²) in [6, 6.07) is -2.14. The van der Waals surface area contributed by atoms with Crippen LogP contribution in [0.25, 0.3) is 0 Å². The Morgan fingerprint density at radius 1 is 1.02 bits per heavy atom. The fraction of sp³-hybridized carbons (Fsp3) is 0.689. The van der Waals surface area contributed by atoms with Crippen molar-refractivity contribution in [1.29, 1.82) is 0 Å². The van der Waals surface area contributed by atoms with Crippen molar-refractivity contribution >= 4 is 53.8 Å². The number of ketones is 1. The van der Waals surface area contributed by atoms with Gasteiger partial charge in [0.15, 0.2) is 0 Å². The highest BCUT2D eigenvalue weighted by Crippen LogP contribution is 2.26. The van der Waals surface area contributed by atoms with Gasteiger partial charge in [-0.3, -0.25) is 24.7 Å². The predicted molar refractivity (Wildman–Crippen MR) is 251 cm³/mol. The van der Waals surface area contributed by atoms with Gasteiger partial charge in [0, 0.05) is 44.1 Å². The lowest BCUT2D eigenvalue weighted by Crippen LogP contribution is -2.58. The van der Waals surface area contributed by atoms with Crippen LogP contribution in [0.1, 0.15) is 140 Å². The van der Waals surface area contributed by atoms with Crippen LogP contribution in [0.15, 0.2) is 40.4 Å². The highest BCUT2D eigenvalue weighted by atomic mass is 32.1. The molecule has 1 saturated heterocycles. The number of ether oxygens (including phenoxy) is 1. The molecule has 63 heavy (non-hydrogen) atoms. The minimum Gasteiger partial charge on any atom is -0.468 e. The molecule has 0 saturated carbocycles. The Balaban J connectivity index is 0. The van der Waals surface area contributed by atoms with E-state index in [2.05, 4.69) is 82.7 Å². The number of amides is 6. The number of carbonyl (C=O) groups is 6. The number of allylic oxidation sites excluding steroid dienone is 3. The zero-order valence-corrected chi connectivity index (χ0v) is 41.4. The van der Waals surface area contributed by atoms with Crippen LogP contribution in [-0.2, 0) is 35.4 Å². The van der Waals surface area contributed by atoms with Gasteiger partial charge in [0.25, 0.3) is 6.47 Å². The molecule has 1 aliphatic carbocycles. The molecule has 18 heteroatoms. The quantitative estimate of drug-likeness (QED) is 0.0377. The number of hydrogen-bond acceptors (Lipinski definition) is 12. The Hall–Kier alpha value is -4.68. The number of likely N-dealkylation sites (tertiary alicyclic amines) is 1. The third-order valence-corrected chi connectivity index (χ3v) is 10.1. The SMILES string of the molecule is CC(N=C(NC(=O)N1CCCC1)C(NC(=O)N(C)OO)C(C)(C)C)C(C)(C)C.CCC.CCCC(C)=O.CCOC=O.C[C@@H](C1=CCCC=C1)C(NC=O)C(=O)NCc1nccs1. The zero-order chi connectivity index (χ0) is 48.6. The van der Waals surface area contributed by atoms with Crippen LogP contribution >= 0.6 is 11.3 Å². The fourth-order valence-corrected chi connectivity index (χ4v) is 5.91. The summed E-state index contributed by atoms with van der Waals surface area (Å²) >= 11 is 1.49. The summed E-state index contributed by atoms with van der Waals surface area (Å²) < 4.78 is 4.15. The fourth-order valence-electron chi connectivity index (χ4n) is 5.35. The van der Waals surface area contributed by atoms with Crippen LogP contribution in [-0.4, -0.2) is 108 Å². The molecule has 3 rings (SSSR count). The maximum atomic E-state index is 12.7. The maximum absolute atomic E-state index is 12.7. The molecule has 1 aliphatic heterocycles. The van der Waals surface area contributed by atoms with Crippen molar-refractivity contribution < 1.29 is 43.7 Å². The highest BCUT2D eigenvalue weighted by Gasteiger charge is 2.35. The Morgan fingerprint density at radius 2 is 1.63 bits per heavy atom. The van der Waals surface area contributed by atoms with Gasteiger partial charge in [-0.25, -0.2) is 19.8 Å². The van der Waals surface area contributed by atoms with Crippen LogP contribution in [0.5, 0.6) is 0 Å². The van der Waals surface area contributed by atoms with Gasteiger partial charge in [-0.15, -0.1) is 16.3 Å². The summed E-state index contributed by atoms with van der Waals surface area (Å²) in [7, 11) is 1.28. The molecule has 1 aromatic heterocycles. The number of carbonyl (C=O) groups excluding carboxylic acids is 6. The van der Waals surface area contributed by atoms with Crippen molar-refractivity contribution in [2.24, 2.45) is 21.7 Å². The molecular formula is C45H80N8O9S. The first-order chi connectivity index (χ1) is 29.6. The monoisotopic (exact) mass is 909 g/mol. The van der Waals surface area contributed by atoms with Gasteiger partial charge < -0.3 is 30.4 Å². The Kier molecular flexibility index (Phi) is 32.4. The lowest BCUT2D eigenvalue weighted by molar-refractivity contribution is -0.364. The Labute approximate surface area is 381 Å². The molecule has 17 nitrogen and oxygen atoms in total. The normalized spacial score (nSPS) is 15.1. The largest absolute Gasteiger partial charge is 0.468 e. The number of Topliss-reactive ketones (excluding diaryl/α,β-unsaturated/α-hetero) is 1. The molecule has 4 atom stereocenters. The van der Waals surface area contributed by atoms with Crippen LogP contribution < -0.4 is 21.3 Å². The summed E-state index contributed by atoms with van der Waals surface area (Å²) in [5.41, 5.74) is 0.506. The average Bonchev–Trinajstić information content (AvgIpc) is 3.97. The van der Waals surface area contributed by atoms with E-state index in [9.17, 15) is 28.8 Å². The summed E-state index contributed by atoms with van der Waals surface area (Å²) in [4.78, 5) is 82.0. The van der Waals surface area contributed by atoms with Gasteiger partial charge in [-0.1, -0.05) is 93.9 Å². The number of rotatable bonds is 15. The number of aliphatic imine (C=N–C) groups is 1. The van der Waals surface area contributed by atoms with Crippen LogP contribution in [0.2, 0.25) is 0 Å². The summed E-state index contributed by atoms with van der Waals surface area (Å²) in [6.45, 7) is 28.3. The standard InChI is InChI=1S/C19H37N5O4.C15H19N3O2S.C5H10O.C3H6O2.C3H8/c1-13(18(2,3)4)20-15(22-17(26)24-11-9-10-12-24)14(19(5,6)7)21-16(25)23(8)28-27;1-11(12-5-3-2-4-6-12)14(18-10-19)15(20)17-9-13-16-7-8-21-13;1-3-4-5(2)6;1-2-5-3-4;1-3-2/h13-14,27H,9-12H2,1-8H3,(H,21,25)(H,20,22,26);3,5-8,10-11,14H,2,4,9H2,1H3,(H,17,20)(H,18,19);3-4H2,1-2H3;3H,2H2,1H3;3H2,1-2H3/t;11-,14?;;;/m.0.../s1. The molecule has 0 aromatic carbocycles. The number of urea groups is 2. The highest BCUT2D eigenvalue weighted by molar-refractivity contribution is 7.09. The van der Waals surface area contributed by atoms with Gasteiger partial charge in [0.2, 0.25) is 12.3 Å². The van der Waals surface area contributed by atoms with Gasteiger partial charge in [0.1, 0.15) is 22.7 Å². The first kappa shape index (κ1) is 60.4. The smallest absolute Gasteiger partial charge is 0.344 e. The van der Waals surface area contributed by atoms with Gasteiger partial charge in [-0.05, 0) is 69.3 Å². The van der Waals surface area contributed by atoms with Crippen LogP contribution in [0, 0.1) is 16.7 Å². The van der Waals surface area contributed by atoms with Crippen molar-refractivity contribution in [3.63, 3.8) is 0 Å². The molecule has 6 amide bonds. The summed E-state index contributed by atoms with van der Waals surface area (Å²) in [5.74, 6) is 0.428. The van der Waals surface area contributed by atoms with E-state index in [-0.39, 0.29) is 35.1 Å². The second-order valence-electron chi connectivity index (χ2n) is 17.1. The van der Waals surface area contributed by atoms with E-state index in [1.165, 1.54) is 24.8 Å². The molecule has 0 bridgehead atoms. The Bertz CT molecular complexity index is 1550. The van der Waals surface area contributed by atoms with Crippen LogP contribution in [0.4, 0.5) is 9.59 Å². The van der Waals surface area contributed by atoms with Crippen molar-refractivity contribution in [1.82, 2.24) is 36.2 Å². The molecule has 0 radical (unpaired) electrons. The molecule has 0 spiro atoms. The lowest BCUT2D eigenvalue weighted by atomic mass is 9.84. The second kappa shape index (κ2) is 33.8. The average molecular weight is 909 g/mol. The predicted octanol–water partition coefficient (Wildman–Crippen LogP) is 7.84. The van der Waals surface area contributed by atoms with E-state index < -0.39 is 23.5 Å². The third kappa shape index (κ3) is 27.2. The second-order valence-corrected chi connectivity index (χ2v) is 18.1. The molecular weight excluding hydrogens is 829 g/mol. The number of nitrogens with one attached hydrogen (secondary N) is 4. The lowest BCUT2D eigenvalue weighted by Gasteiger charge is -2.35. The molecule has 2 aliphatic rings. The first-order valence-corrected chi connectivity index (χ1v) is 22.7. The number of thiazole rings is 1. The van der Waals surface area contributed by atoms with E-state index in [1.54, 1.807) is 24.9 Å². The molecule has 1 fully saturated rings. The summed E-state index contributed by atoms with van der Waals surface area (Å²) in [6.07, 6.45) is 15.5. The van der Waals surface area contributed by atoms with E-state index in [0.717, 1.165) is 49.1 Å². The van der Waals surface area contributed by atoms with Crippen molar-refractivity contribution in [3.8, 4) is 0 Å². The molecule has 2 heterocycles. The van der Waals surface area contributed by atoms with E-state index in [0.29, 0.717) is 50.0 Å². The maximum Gasteiger partial charge on any atom is 0.344 e. The van der Waals surface area contributed by atoms with Crippen molar-refractivity contribution in [3.05, 3.63) is 40.4 Å². The Morgan fingerprint density at radius 3 is 2.03 bits per heavy atom. The first-order valence-electron chi connectivity index (χ1n) is 21.9. The summed E-state index contributed by atoms with van der Waals surface area (Å²) in [5, 5.41) is 23.3. The van der Waals surface area contributed by atoms with Crippen molar-refractivity contribution in [2.45, 2.75) is 160 Å². The zero-order valence-electron chi connectivity index (χ0n) is 40.5. The molecule has 360 valence electrons. The minimum absolute atomic E-state index is 0.0666. The van der Waals surface area contributed by atoms with Gasteiger partial charge >= 0.3 is 12.1 Å². The molecule has 5 N–H and O–H groups in total. The van der Waals surface area contributed by atoms with Gasteiger partial charge in [0.05, 0.1) is 25.2 Å². The van der Waals surface area contributed by atoms with E-state index in [4.69, 9.17) is 10.2 Å². The number of amidine groups is 1. The minimum atomic E-state index is -0.644. The molecule has 3 unspecified atom stereocenters. The van der Waals surface area contributed by atoms with Gasteiger partial charge in [-0.2, -0.15) is 5.06 Å². The number of aromatic nitrogens is 1.